The molecule has 1 aromatic heterocycles. The first-order valence-corrected chi connectivity index (χ1v) is 11.6. The fourth-order valence-corrected chi connectivity index (χ4v) is 4.01. The van der Waals surface area contributed by atoms with Crippen LogP contribution in [0, 0.1) is 5.92 Å². The summed E-state index contributed by atoms with van der Waals surface area (Å²) < 4.78 is 31.7. The van der Waals surface area contributed by atoms with Crippen LogP contribution in [0.3, 0.4) is 0 Å². The van der Waals surface area contributed by atoms with Gasteiger partial charge in [-0.05, 0) is 48.6 Å². The molecule has 0 radical (unpaired) electrons. The topological polar surface area (TPSA) is 72.9 Å². The standard InChI is InChI=1S/C21H29N3OS.C2HF3O2/c1-4-16(2)14-23-11-12-24(15-17(23)3)19-9-7-18(8-10-19)22-21(25)20-6-5-13-26-20;3-2(4,5)1(6)7/h5-10,13,16-17H,4,11-12,14-15H2,1-3H3,(H,22,25);(H,6,7). The minimum Gasteiger partial charge on any atom is -0.475 e. The second kappa shape index (κ2) is 12.0. The van der Waals surface area contributed by atoms with Gasteiger partial charge in [0, 0.05) is 43.6 Å². The Labute approximate surface area is 196 Å². The van der Waals surface area contributed by atoms with Crippen molar-refractivity contribution in [1.29, 1.82) is 0 Å². The summed E-state index contributed by atoms with van der Waals surface area (Å²) in [4.78, 5) is 26.8. The first-order valence-electron chi connectivity index (χ1n) is 10.7. The van der Waals surface area contributed by atoms with Gasteiger partial charge in [-0.2, -0.15) is 13.2 Å². The first kappa shape index (κ1) is 26.7. The van der Waals surface area contributed by atoms with Crippen LogP contribution in [0.4, 0.5) is 24.5 Å². The lowest BCUT2D eigenvalue weighted by atomic mass is 10.1. The zero-order chi connectivity index (χ0) is 24.6. The lowest BCUT2D eigenvalue weighted by Crippen LogP contribution is -2.53. The fourth-order valence-electron chi connectivity index (χ4n) is 3.39. The number of halogens is 3. The number of rotatable bonds is 6. The van der Waals surface area contributed by atoms with E-state index in [0.29, 0.717) is 6.04 Å². The maximum absolute atomic E-state index is 12.1. The molecule has 1 aliphatic heterocycles. The van der Waals surface area contributed by atoms with Gasteiger partial charge >= 0.3 is 12.1 Å². The molecule has 1 aliphatic rings. The third kappa shape index (κ3) is 8.36. The van der Waals surface area contributed by atoms with E-state index in [0.717, 1.165) is 36.1 Å². The molecule has 3 rings (SSSR count). The lowest BCUT2D eigenvalue weighted by molar-refractivity contribution is -0.192. The molecule has 1 fully saturated rings. The van der Waals surface area contributed by atoms with Crippen molar-refractivity contribution in [3.8, 4) is 0 Å². The molecule has 0 saturated carbocycles. The number of aliphatic carboxylic acids is 1. The van der Waals surface area contributed by atoms with E-state index in [4.69, 9.17) is 9.90 Å². The summed E-state index contributed by atoms with van der Waals surface area (Å²) in [6, 6.07) is 12.5. The Kier molecular flexibility index (Phi) is 9.72. The lowest BCUT2D eigenvalue weighted by Gasteiger charge is -2.42. The molecule has 0 spiro atoms. The van der Waals surface area contributed by atoms with E-state index in [1.165, 1.54) is 30.0 Å². The van der Waals surface area contributed by atoms with Gasteiger partial charge in [0.25, 0.3) is 5.91 Å². The Hall–Kier alpha value is -2.59. The number of piperazine rings is 1. The molecule has 33 heavy (non-hydrogen) atoms. The SMILES string of the molecule is CCC(C)CN1CCN(c2ccc(NC(=O)c3cccs3)cc2)CC1C.O=C(O)C(F)(F)F. The number of carbonyl (C=O) groups excluding carboxylic acids is 1. The number of hydrogen-bond acceptors (Lipinski definition) is 5. The van der Waals surface area contributed by atoms with E-state index in [-0.39, 0.29) is 5.91 Å². The van der Waals surface area contributed by atoms with Crippen molar-refractivity contribution in [3.05, 3.63) is 46.7 Å². The second-order valence-electron chi connectivity index (χ2n) is 8.08. The minimum absolute atomic E-state index is 0.0416. The van der Waals surface area contributed by atoms with Gasteiger partial charge in [-0.15, -0.1) is 11.3 Å². The van der Waals surface area contributed by atoms with Crippen LogP contribution in [-0.4, -0.2) is 60.3 Å². The molecule has 2 aromatic rings. The average molecular weight is 486 g/mol. The predicted molar refractivity (Wildman–Crippen MR) is 125 cm³/mol. The van der Waals surface area contributed by atoms with E-state index in [2.05, 4.69) is 48.0 Å². The zero-order valence-corrected chi connectivity index (χ0v) is 19.7. The molecule has 6 nitrogen and oxygen atoms in total. The van der Waals surface area contributed by atoms with E-state index in [9.17, 15) is 18.0 Å². The highest BCUT2D eigenvalue weighted by Gasteiger charge is 2.38. The number of benzene rings is 1. The highest BCUT2D eigenvalue weighted by Crippen LogP contribution is 2.23. The van der Waals surface area contributed by atoms with Gasteiger partial charge in [0.1, 0.15) is 0 Å². The van der Waals surface area contributed by atoms with E-state index in [1.54, 1.807) is 0 Å². The summed E-state index contributed by atoms with van der Waals surface area (Å²) in [5, 5.41) is 12.0. The molecule has 2 heterocycles. The molecule has 10 heteroatoms. The monoisotopic (exact) mass is 485 g/mol. The number of hydrogen-bond donors (Lipinski definition) is 2. The normalized spacial score (nSPS) is 17.6. The smallest absolute Gasteiger partial charge is 0.475 e. The van der Waals surface area contributed by atoms with Crippen molar-refractivity contribution in [2.75, 3.05) is 36.4 Å². The van der Waals surface area contributed by atoms with Crippen LogP contribution in [-0.2, 0) is 4.79 Å². The van der Waals surface area contributed by atoms with E-state index < -0.39 is 12.1 Å². The summed E-state index contributed by atoms with van der Waals surface area (Å²) in [7, 11) is 0. The number of thiophene rings is 1. The van der Waals surface area contributed by atoms with Crippen molar-refractivity contribution >= 4 is 34.6 Å². The van der Waals surface area contributed by atoms with Crippen molar-refractivity contribution in [2.24, 2.45) is 5.92 Å². The first-order chi connectivity index (χ1) is 15.5. The van der Waals surface area contributed by atoms with Crippen molar-refractivity contribution in [1.82, 2.24) is 4.90 Å². The zero-order valence-electron chi connectivity index (χ0n) is 18.9. The van der Waals surface area contributed by atoms with Gasteiger partial charge in [0.2, 0.25) is 0 Å². The molecule has 0 aliphatic carbocycles. The molecule has 2 unspecified atom stereocenters. The van der Waals surface area contributed by atoms with Gasteiger partial charge in [-0.1, -0.05) is 26.3 Å². The number of carbonyl (C=O) groups is 2. The van der Waals surface area contributed by atoms with Gasteiger partial charge < -0.3 is 15.3 Å². The van der Waals surface area contributed by atoms with E-state index >= 15 is 0 Å². The molecule has 1 aromatic carbocycles. The number of carboxylic acids is 1. The largest absolute Gasteiger partial charge is 0.490 e. The minimum atomic E-state index is -5.08. The summed E-state index contributed by atoms with van der Waals surface area (Å²) >= 11 is 1.46. The maximum atomic E-state index is 12.1. The van der Waals surface area contributed by atoms with Crippen molar-refractivity contribution in [3.63, 3.8) is 0 Å². The van der Waals surface area contributed by atoms with Crippen LogP contribution in [0.1, 0.15) is 36.9 Å². The van der Waals surface area contributed by atoms with Crippen molar-refractivity contribution in [2.45, 2.75) is 39.4 Å². The van der Waals surface area contributed by atoms with Gasteiger partial charge in [0.05, 0.1) is 4.88 Å². The number of anilines is 2. The fraction of sp³-hybridized carbons (Fsp3) is 0.478. The highest BCUT2D eigenvalue weighted by atomic mass is 32.1. The second-order valence-corrected chi connectivity index (χ2v) is 9.03. The Balaban J connectivity index is 0.000000479. The number of amides is 1. The van der Waals surface area contributed by atoms with Crippen LogP contribution >= 0.6 is 11.3 Å². The predicted octanol–water partition coefficient (Wildman–Crippen LogP) is 5.19. The Morgan fingerprint density at radius 2 is 1.85 bits per heavy atom. The summed E-state index contributed by atoms with van der Waals surface area (Å²) in [5.41, 5.74) is 2.07. The highest BCUT2D eigenvalue weighted by molar-refractivity contribution is 7.12. The van der Waals surface area contributed by atoms with E-state index in [1.807, 2.05) is 29.6 Å². The number of nitrogens with zero attached hydrogens (tertiary/aromatic N) is 2. The molecule has 1 amide bonds. The van der Waals surface area contributed by atoms with Crippen LogP contribution in [0.25, 0.3) is 0 Å². The van der Waals surface area contributed by atoms with Gasteiger partial charge in [0.15, 0.2) is 0 Å². The molecular formula is C23H30F3N3O3S. The molecule has 0 bridgehead atoms. The van der Waals surface area contributed by atoms with Crippen LogP contribution in [0.5, 0.6) is 0 Å². The van der Waals surface area contributed by atoms with Crippen LogP contribution < -0.4 is 10.2 Å². The molecule has 2 N–H and O–H groups in total. The number of carboxylic acid groups (broad SMARTS) is 1. The maximum Gasteiger partial charge on any atom is 0.490 e. The average Bonchev–Trinajstić information content (AvgIpc) is 3.30. The Bertz CT molecular complexity index is 889. The van der Waals surface area contributed by atoms with Crippen LogP contribution in [0.2, 0.25) is 0 Å². The van der Waals surface area contributed by atoms with Gasteiger partial charge in [-0.3, -0.25) is 9.69 Å². The molecule has 2 atom stereocenters. The molecule has 1 saturated heterocycles. The van der Waals surface area contributed by atoms with Gasteiger partial charge in [-0.25, -0.2) is 4.79 Å². The summed E-state index contributed by atoms with van der Waals surface area (Å²) in [5.74, 6) is -2.04. The Morgan fingerprint density at radius 1 is 1.21 bits per heavy atom. The number of alkyl halides is 3. The third-order valence-corrected chi connectivity index (χ3v) is 6.35. The van der Waals surface area contributed by atoms with Crippen LogP contribution in [0.15, 0.2) is 41.8 Å². The number of nitrogens with one attached hydrogen (secondary N) is 1. The third-order valence-electron chi connectivity index (χ3n) is 5.49. The summed E-state index contributed by atoms with van der Waals surface area (Å²) in [6.07, 6.45) is -3.84. The molecule has 182 valence electrons. The Morgan fingerprint density at radius 3 is 2.33 bits per heavy atom. The molecular weight excluding hydrogens is 455 g/mol. The van der Waals surface area contributed by atoms with Crippen molar-refractivity contribution < 1.29 is 27.9 Å². The quantitative estimate of drug-likeness (QED) is 0.589. The summed E-state index contributed by atoms with van der Waals surface area (Å²) in [6.45, 7) is 11.3.